The maximum absolute atomic E-state index is 12.9. The van der Waals surface area contributed by atoms with Crippen molar-refractivity contribution >= 4 is 65.5 Å². The first-order valence-corrected chi connectivity index (χ1v) is 17.1. The van der Waals surface area contributed by atoms with Crippen molar-refractivity contribution in [1.29, 1.82) is 0 Å². The summed E-state index contributed by atoms with van der Waals surface area (Å²) in [6.07, 6.45) is 2.36. The molecule has 0 spiro atoms. The number of fused-ring (bicyclic) bond motifs is 2. The molecule has 2 aromatic heterocycles. The van der Waals surface area contributed by atoms with E-state index in [-0.39, 0.29) is 11.6 Å². The summed E-state index contributed by atoms with van der Waals surface area (Å²) in [5, 5.41) is 2.87. The number of esters is 1. The van der Waals surface area contributed by atoms with Crippen molar-refractivity contribution in [3.8, 4) is 5.75 Å². The number of thiophene rings is 1. The number of carbonyl (C=O) groups excluding carboxylic acids is 3. The molecule has 4 rings (SSSR count). The number of nitrogens with zero attached hydrogens (tertiary/aromatic N) is 2. The number of hydrogen-bond donors (Lipinski definition) is 1. The molecule has 0 fully saturated rings. The van der Waals surface area contributed by atoms with E-state index in [4.69, 9.17) is 14.2 Å². The van der Waals surface area contributed by atoms with E-state index in [0.29, 0.717) is 48.2 Å². The van der Waals surface area contributed by atoms with Gasteiger partial charge in [0.2, 0.25) is 5.91 Å². The predicted octanol–water partition coefficient (Wildman–Crippen LogP) is 3.59. The third kappa shape index (κ3) is 7.65. The second-order valence-electron chi connectivity index (χ2n) is 9.93. The van der Waals surface area contributed by atoms with Crippen LogP contribution in [-0.2, 0) is 48.3 Å². The van der Waals surface area contributed by atoms with Gasteiger partial charge in [-0.25, -0.2) is 13.2 Å². The van der Waals surface area contributed by atoms with Crippen LogP contribution in [0.25, 0.3) is 10.2 Å². The minimum Gasteiger partial charge on any atom is -0.497 e. The zero-order valence-corrected chi connectivity index (χ0v) is 26.5. The van der Waals surface area contributed by atoms with Crippen molar-refractivity contribution < 1.29 is 37.0 Å². The Kier molecular flexibility index (Phi) is 10.6. The summed E-state index contributed by atoms with van der Waals surface area (Å²) in [5.74, 6) is -3.06. The summed E-state index contributed by atoms with van der Waals surface area (Å²) < 4.78 is 44.3. The molecule has 2 heterocycles. The number of rotatable bonds is 12. The second-order valence-corrected chi connectivity index (χ2v) is 14.1. The predicted molar refractivity (Wildman–Crippen MR) is 162 cm³/mol. The van der Waals surface area contributed by atoms with Gasteiger partial charge in [0.05, 0.1) is 36.1 Å². The SMILES string of the molecule is CCOCCn1c(=NC(=O)CS(=O)(=O)CC(=O)Nc2sc3c(c2C(=O)OCC)CCC(C)C3)sc2cc(OC)ccc21. The minimum atomic E-state index is -4.17. The van der Waals surface area contributed by atoms with Gasteiger partial charge in [-0.15, -0.1) is 11.3 Å². The first kappa shape index (κ1) is 31.9. The van der Waals surface area contributed by atoms with Crippen molar-refractivity contribution in [3.63, 3.8) is 0 Å². The van der Waals surface area contributed by atoms with Crippen LogP contribution >= 0.6 is 22.7 Å². The number of nitrogens with one attached hydrogen (secondary N) is 1. The highest BCUT2D eigenvalue weighted by Gasteiger charge is 2.30. The summed E-state index contributed by atoms with van der Waals surface area (Å²) in [5.41, 5.74) is 1.94. The number of aromatic nitrogens is 1. The summed E-state index contributed by atoms with van der Waals surface area (Å²) in [6.45, 7) is 7.18. The molecular formula is C28H35N3O8S3. The molecule has 0 bridgehead atoms. The van der Waals surface area contributed by atoms with Gasteiger partial charge in [-0.1, -0.05) is 18.3 Å². The normalized spacial score (nSPS) is 15.4. The summed E-state index contributed by atoms with van der Waals surface area (Å²) >= 11 is 2.50. The standard InChI is InChI=1S/C28H35N3O8S3/c1-5-38-12-11-31-20-10-8-18(37-4)14-22(20)41-28(31)30-24(33)16-42(35,36)15-23(32)29-26-25(27(34)39-6-2)19-9-7-17(3)13-21(19)40-26/h8,10,14,17H,5-7,9,11-13,15-16H2,1-4H3,(H,29,32). The quantitative estimate of drug-likeness (QED) is 0.235. The van der Waals surface area contributed by atoms with Crippen LogP contribution in [0.4, 0.5) is 5.00 Å². The molecule has 3 aromatic rings. The van der Waals surface area contributed by atoms with E-state index in [1.165, 1.54) is 22.7 Å². The molecule has 2 amide bonds. The molecule has 1 aliphatic carbocycles. The summed E-state index contributed by atoms with van der Waals surface area (Å²) in [4.78, 5) is 43.8. The van der Waals surface area contributed by atoms with Gasteiger partial charge in [0.15, 0.2) is 14.6 Å². The van der Waals surface area contributed by atoms with Gasteiger partial charge in [-0.05, 0) is 62.8 Å². The lowest BCUT2D eigenvalue weighted by atomic mass is 9.88. The molecule has 1 aromatic carbocycles. The molecule has 11 nitrogen and oxygen atoms in total. The molecule has 14 heteroatoms. The van der Waals surface area contributed by atoms with Crippen molar-refractivity contribution in [2.75, 3.05) is 43.8 Å². The maximum Gasteiger partial charge on any atom is 0.341 e. The van der Waals surface area contributed by atoms with Gasteiger partial charge in [0.1, 0.15) is 22.3 Å². The van der Waals surface area contributed by atoms with Crippen LogP contribution < -0.4 is 14.9 Å². The Morgan fingerprint density at radius 1 is 1.14 bits per heavy atom. The van der Waals surface area contributed by atoms with Crippen molar-refractivity contribution in [3.05, 3.63) is 39.0 Å². The third-order valence-electron chi connectivity index (χ3n) is 6.71. The molecule has 0 radical (unpaired) electrons. The van der Waals surface area contributed by atoms with Crippen LogP contribution in [0.2, 0.25) is 0 Å². The Morgan fingerprint density at radius 2 is 1.93 bits per heavy atom. The van der Waals surface area contributed by atoms with Crippen LogP contribution in [0.3, 0.4) is 0 Å². The van der Waals surface area contributed by atoms with Gasteiger partial charge < -0.3 is 24.1 Å². The summed E-state index contributed by atoms with van der Waals surface area (Å²) in [7, 11) is -2.61. The van der Waals surface area contributed by atoms with Crippen molar-refractivity contribution in [2.24, 2.45) is 10.9 Å². The number of sulfone groups is 1. The smallest absolute Gasteiger partial charge is 0.341 e. The van der Waals surface area contributed by atoms with E-state index in [2.05, 4.69) is 17.2 Å². The van der Waals surface area contributed by atoms with Crippen molar-refractivity contribution in [1.82, 2.24) is 4.57 Å². The van der Waals surface area contributed by atoms with E-state index in [9.17, 15) is 22.8 Å². The number of hydrogen-bond acceptors (Lipinski definition) is 10. The fraction of sp³-hybridized carbons (Fsp3) is 0.500. The molecule has 1 unspecified atom stereocenters. The Morgan fingerprint density at radius 3 is 2.64 bits per heavy atom. The molecule has 1 atom stereocenters. The first-order chi connectivity index (χ1) is 20.0. The molecule has 42 heavy (non-hydrogen) atoms. The Hall–Kier alpha value is -3.07. The van der Waals surface area contributed by atoms with E-state index in [0.717, 1.165) is 33.5 Å². The highest BCUT2D eigenvalue weighted by atomic mass is 32.2. The van der Waals surface area contributed by atoms with Crippen LogP contribution in [0.5, 0.6) is 5.75 Å². The molecule has 1 N–H and O–H groups in total. The average Bonchev–Trinajstić information content (AvgIpc) is 3.44. The average molecular weight is 638 g/mol. The zero-order valence-electron chi connectivity index (χ0n) is 24.1. The number of thiazole rings is 1. The van der Waals surface area contributed by atoms with Gasteiger partial charge in [-0.3, -0.25) is 9.59 Å². The van der Waals surface area contributed by atoms with Crippen LogP contribution in [-0.4, -0.2) is 69.2 Å². The lowest BCUT2D eigenvalue weighted by molar-refractivity contribution is -0.115. The van der Waals surface area contributed by atoms with Gasteiger partial charge in [0, 0.05) is 18.0 Å². The zero-order chi connectivity index (χ0) is 30.4. The summed E-state index contributed by atoms with van der Waals surface area (Å²) in [6, 6.07) is 5.45. The van der Waals surface area contributed by atoms with E-state index in [1.807, 2.05) is 19.1 Å². The molecular weight excluding hydrogens is 603 g/mol. The molecule has 228 valence electrons. The topological polar surface area (TPSA) is 142 Å². The molecule has 0 aliphatic heterocycles. The highest BCUT2D eigenvalue weighted by Crippen LogP contribution is 2.40. The minimum absolute atomic E-state index is 0.173. The number of benzene rings is 1. The van der Waals surface area contributed by atoms with Crippen LogP contribution in [0, 0.1) is 5.92 Å². The van der Waals surface area contributed by atoms with Crippen LogP contribution in [0.1, 0.15) is 48.0 Å². The number of methoxy groups -OCH3 is 1. The van der Waals surface area contributed by atoms with Gasteiger partial charge in [0.25, 0.3) is 5.91 Å². The number of ether oxygens (including phenoxy) is 3. The van der Waals surface area contributed by atoms with Gasteiger partial charge >= 0.3 is 5.97 Å². The highest BCUT2D eigenvalue weighted by molar-refractivity contribution is 7.92. The lowest BCUT2D eigenvalue weighted by Gasteiger charge is -2.18. The molecule has 0 saturated carbocycles. The fourth-order valence-electron chi connectivity index (χ4n) is 4.78. The van der Waals surface area contributed by atoms with E-state index in [1.54, 1.807) is 24.7 Å². The third-order valence-corrected chi connectivity index (χ3v) is 10.3. The molecule has 0 saturated heterocycles. The largest absolute Gasteiger partial charge is 0.497 e. The Balaban J connectivity index is 1.51. The second kappa shape index (κ2) is 13.9. The number of carbonyl (C=O) groups is 3. The first-order valence-electron chi connectivity index (χ1n) is 13.7. The van der Waals surface area contributed by atoms with Gasteiger partial charge in [-0.2, -0.15) is 4.99 Å². The fourth-order valence-corrected chi connectivity index (χ4v) is 8.31. The number of anilines is 1. The maximum atomic E-state index is 12.9. The van der Waals surface area contributed by atoms with Crippen molar-refractivity contribution in [2.45, 2.75) is 46.6 Å². The Bertz CT molecular complexity index is 1650. The number of amides is 2. The van der Waals surface area contributed by atoms with E-state index >= 15 is 0 Å². The van der Waals surface area contributed by atoms with E-state index < -0.39 is 39.1 Å². The lowest BCUT2D eigenvalue weighted by Crippen LogP contribution is -2.28. The van der Waals surface area contributed by atoms with Crippen LogP contribution in [0.15, 0.2) is 23.2 Å². The Labute approximate surface area is 252 Å². The molecule has 1 aliphatic rings. The monoisotopic (exact) mass is 637 g/mol.